The number of esters is 2. The van der Waals surface area contributed by atoms with Crippen molar-refractivity contribution in [1.29, 1.82) is 0 Å². The molecular weight excluding hydrogens is 426 g/mol. The molecule has 2 aromatic rings. The second-order valence-corrected chi connectivity index (χ2v) is 7.33. The number of ether oxygens (including phenoxy) is 4. The van der Waals surface area contributed by atoms with E-state index >= 15 is 0 Å². The largest absolute Gasteiger partial charge is 0.493 e. The smallest absolute Gasteiger partial charge is 0.307 e. The molecule has 0 saturated heterocycles. The molecule has 168 valence electrons. The molecule has 1 aromatic carbocycles. The summed E-state index contributed by atoms with van der Waals surface area (Å²) in [4.78, 5) is 36.5. The highest BCUT2D eigenvalue weighted by atomic mass is 32.2. The number of benzene rings is 1. The van der Waals surface area contributed by atoms with Crippen LogP contribution in [0.4, 0.5) is 5.69 Å². The number of amides is 1. The third-order valence-electron chi connectivity index (χ3n) is 4.24. The number of rotatable bonds is 11. The van der Waals surface area contributed by atoms with Gasteiger partial charge in [-0.05, 0) is 18.2 Å². The van der Waals surface area contributed by atoms with Crippen LogP contribution in [0.3, 0.4) is 0 Å². The zero-order valence-corrected chi connectivity index (χ0v) is 18.6. The van der Waals surface area contributed by atoms with Crippen molar-refractivity contribution in [3.8, 4) is 11.5 Å². The van der Waals surface area contributed by atoms with E-state index in [0.717, 1.165) is 4.90 Å². The average molecular weight is 452 g/mol. The summed E-state index contributed by atoms with van der Waals surface area (Å²) in [5.41, 5.74) is 0.442. The van der Waals surface area contributed by atoms with Crippen molar-refractivity contribution >= 4 is 35.3 Å². The lowest BCUT2D eigenvalue weighted by Crippen LogP contribution is -2.19. The zero-order chi connectivity index (χ0) is 22.8. The molecule has 0 aliphatic carbocycles. The van der Waals surface area contributed by atoms with E-state index in [1.807, 2.05) is 6.07 Å². The summed E-state index contributed by atoms with van der Waals surface area (Å²) >= 11 is 1.34. The molecule has 0 bridgehead atoms. The quantitative estimate of drug-likeness (QED) is 0.405. The van der Waals surface area contributed by atoms with Gasteiger partial charge >= 0.3 is 11.9 Å². The normalized spacial score (nSPS) is 10.5. The number of carbonyl (C=O) groups is 3. The highest BCUT2D eigenvalue weighted by Crippen LogP contribution is 2.31. The van der Waals surface area contributed by atoms with Crippen molar-refractivity contribution in [3.63, 3.8) is 0 Å². The number of anilines is 1. The molecule has 10 nitrogen and oxygen atoms in total. The number of hydrogen-bond donors (Lipinski definition) is 1. The molecule has 1 heterocycles. The van der Waals surface area contributed by atoms with Crippen LogP contribution < -0.4 is 14.8 Å². The van der Waals surface area contributed by atoms with E-state index in [0.29, 0.717) is 17.2 Å². The summed E-state index contributed by atoms with van der Waals surface area (Å²) in [5, 5.41) is 6.90. The molecule has 31 heavy (non-hydrogen) atoms. The fraction of sp³-hybridized carbons (Fsp3) is 0.400. The summed E-state index contributed by atoms with van der Waals surface area (Å²) < 4.78 is 21.2. The Morgan fingerprint density at radius 1 is 1.03 bits per heavy atom. The third kappa shape index (κ3) is 7.21. The van der Waals surface area contributed by atoms with Crippen LogP contribution >= 0.6 is 11.8 Å². The summed E-state index contributed by atoms with van der Waals surface area (Å²) in [6.07, 6.45) is 2.88. The molecule has 0 radical (unpaired) electrons. The van der Waals surface area contributed by atoms with Gasteiger partial charge in [0.15, 0.2) is 11.5 Å². The lowest BCUT2D eigenvalue weighted by Gasteiger charge is -2.15. The van der Waals surface area contributed by atoms with Gasteiger partial charge in [0.05, 0.1) is 65.0 Å². The van der Waals surface area contributed by atoms with Gasteiger partial charge in [0.2, 0.25) is 5.91 Å². The number of nitrogens with one attached hydrogen (secondary N) is 1. The van der Waals surface area contributed by atoms with Gasteiger partial charge in [0.1, 0.15) is 0 Å². The van der Waals surface area contributed by atoms with Crippen molar-refractivity contribution < 1.29 is 33.3 Å². The van der Waals surface area contributed by atoms with Crippen LogP contribution in [0.25, 0.3) is 0 Å². The van der Waals surface area contributed by atoms with Crippen LogP contribution in [-0.2, 0) is 23.9 Å². The molecule has 0 fully saturated rings. The molecule has 0 aliphatic heterocycles. The Morgan fingerprint density at radius 2 is 1.68 bits per heavy atom. The highest BCUT2D eigenvalue weighted by molar-refractivity contribution is 8.00. The maximum atomic E-state index is 12.3. The lowest BCUT2D eigenvalue weighted by molar-refractivity contribution is -0.144. The van der Waals surface area contributed by atoms with Gasteiger partial charge in [-0.15, -0.1) is 11.8 Å². The third-order valence-corrected chi connectivity index (χ3v) is 5.24. The number of thioether (sulfide) groups is 1. The molecule has 0 spiro atoms. The number of methoxy groups -OCH3 is 4. The van der Waals surface area contributed by atoms with Gasteiger partial charge in [0.25, 0.3) is 0 Å². The standard InChI is InChI=1S/C20H25N3O7S/c1-27-16-6-5-15(9-17(16)28-2)31-12-18(24)22-13-10-21-23(11-13)14(7-19(25)29-3)8-20(26)30-4/h5-6,9-11,14H,7-8,12H2,1-4H3,(H,22,24). The van der Waals surface area contributed by atoms with Gasteiger partial charge in [-0.3, -0.25) is 19.1 Å². The maximum Gasteiger partial charge on any atom is 0.307 e. The minimum absolute atomic E-state index is 0.0597. The monoisotopic (exact) mass is 451 g/mol. The molecule has 0 atom stereocenters. The molecule has 1 amide bonds. The topological polar surface area (TPSA) is 118 Å². The van der Waals surface area contributed by atoms with Gasteiger partial charge < -0.3 is 24.3 Å². The van der Waals surface area contributed by atoms with Crippen molar-refractivity contribution in [2.45, 2.75) is 23.8 Å². The first-order valence-corrected chi connectivity index (χ1v) is 10.2. The Hall–Kier alpha value is -3.21. The van der Waals surface area contributed by atoms with Crippen molar-refractivity contribution in [3.05, 3.63) is 30.6 Å². The SMILES string of the molecule is COC(=O)CC(CC(=O)OC)n1cc(NC(=O)CSc2ccc(OC)c(OC)c2)cn1. The maximum absolute atomic E-state index is 12.3. The summed E-state index contributed by atoms with van der Waals surface area (Å²) in [5.74, 6) is 0.141. The predicted octanol–water partition coefficient (Wildman–Crippen LogP) is 2.30. The number of carbonyl (C=O) groups excluding carboxylic acids is 3. The molecule has 2 rings (SSSR count). The average Bonchev–Trinajstić information content (AvgIpc) is 3.24. The second-order valence-electron chi connectivity index (χ2n) is 6.28. The second kappa shape index (κ2) is 11.8. The van der Waals surface area contributed by atoms with Crippen molar-refractivity contribution in [1.82, 2.24) is 9.78 Å². The van der Waals surface area contributed by atoms with Gasteiger partial charge in [-0.1, -0.05) is 0 Å². The first-order chi connectivity index (χ1) is 14.9. The van der Waals surface area contributed by atoms with Crippen LogP contribution in [0.15, 0.2) is 35.5 Å². The predicted molar refractivity (Wildman–Crippen MR) is 113 cm³/mol. The summed E-state index contributed by atoms with van der Waals surface area (Å²) in [7, 11) is 5.63. The van der Waals surface area contributed by atoms with E-state index in [-0.39, 0.29) is 24.5 Å². The van der Waals surface area contributed by atoms with E-state index in [4.69, 9.17) is 9.47 Å². The Bertz CT molecular complexity index is 898. The van der Waals surface area contributed by atoms with Crippen LogP contribution in [0.2, 0.25) is 0 Å². The first-order valence-electron chi connectivity index (χ1n) is 9.22. The van der Waals surface area contributed by atoms with E-state index < -0.39 is 18.0 Å². The van der Waals surface area contributed by atoms with Gasteiger partial charge in [-0.2, -0.15) is 5.10 Å². The molecule has 0 unspecified atom stereocenters. The molecular formula is C20H25N3O7S. The van der Waals surface area contributed by atoms with E-state index in [1.165, 1.54) is 36.9 Å². The summed E-state index contributed by atoms with van der Waals surface area (Å²) in [6.45, 7) is 0. The van der Waals surface area contributed by atoms with Crippen molar-refractivity contribution in [2.24, 2.45) is 0 Å². The fourth-order valence-corrected chi connectivity index (χ4v) is 3.39. The Balaban J connectivity index is 1.98. The highest BCUT2D eigenvalue weighted by Gasteiger charge is 2.21. The van der Waals surface area contributed by atoms with Crippen molar-refractivity contribution in [2.75, 3.05) is 39.5 Å². The molecule has 0 saturated carbocycles. The Morgan fingerprint density at radius 3 is 2.26 bits per heavy atom. The first kappa shape index (κ1) is 24.1. The zero-order valence-electron chi connectivity index (χ0n) is 17.7. The fourth-order valence-electron chi connectivity index (χ4n) is 2.67. The molecule has 1 aromatic heterocycles. The van der Waals surface area contributed by atoms with E-state index in [1.54, 1.807) is 32.5 Å². The van der Waals surface area contributed by atoms with Gasteiger partial charge in [-0.25, -0.2) is 0 Å². The van der Waals surface area contributed by atoms with E-state index in [2.05, 4.69) is 19.9 Å². The minimum Gasteiger partial charge on any atom is -0.493 e. The molecule has 11 heteroatoms. The lowest BCUT2D eigenvalue weighted by atomic mass is 10.1. The minimum atomic E-state index is -0.591. The Labute approximate surface area is 184 Å². The number of hydrogen-bond acceptors (Lipinski definition) is 9. The molecule has 0 aliphatic rings. The Kier molecular flexibility index (Phi) is 9.19. The van der Waals surface area contributed by atoms with E-state index in [9.17, 15) is 14.4 Å². The molecule has 1 N–H and O–H groups in total. The van der Waals surface area contributed by atoms with Crippen LogP contribution in [-0.4, -0.2) is 61.8 Å². The van der Waals surface area contributed by atoms with Gasteiger partial charge in [0, 0.05) is 11.1 Å². The number of nitrogens with zero attached hydrogens (tertiary/aromatic N) is 2. The number of aromatic nitrogens is 2. The van der Waals surface area contributed by atoms with Crippen LogP contribution in [0.5, 0.6) is 11.5 Å². The van der Waals surface area contributed by atoms with Crippen LogP contribution in [0, 0.1) is 0 Å². The van der Waals surface area contributed by atoms with Crippen LogP contribution in [0.1, 0.15) is 18.9 Å². The summed E-state index contributed by atoms with van der Waals surface area (Å²) in [6, 6.07) is 4.80.